The molecule has 3 rings (SSSR count). The van der Waals surface area contributed by atoms with Crippen molar-refractivity contribution in [2.24, 2.45) is 5.92 Å². The zero-order valence-electron chi connectivity index (χ0n) is 14.8. The second kappa shape index (κ2) is 7.97. The monoisotopic (exact) mass is 385 g/mol. The van der Waals surface area contributed by atoms with E-state index in [1.54, 1.807) is 25.2 Å². The van der Waals surface area contributed by atoms with Crippen molar-refractivity contribution in [2.45, 2.75) is 25.8 Å². The highest BCUT2D eigenvalue weighted by Crippen LogP contribution is 2.36. The van der Waals surface area contributed by atoms with Gasteiger partial charge in [0.1, 0.15) is 15.7 Å². The predicted molar refractivity (Wildman–Crippen MR) is 106 cm³/mol. The van der Waals surface area contributed by atoms with Crippen LogP contribution in [-0.4, -0.2) is 27.5 Å². The van der Waals surface area contributed by atoms with Crippen LogP contribution in [0.5, 0.6) is 0 Å². The van der Waals surface area contributed by atoms with E-state index in [1.165, 1.54) is 11.8 Å². The summed E-state index contributed by atoms with van der Waals surface area (Å²) in [6, 6.07) is 12.2. The maximum Gasteiger partial charge on any atom is 0.236 e. The Bertz CT molecular complexity index is 952. The highest BCUT2D eigenvalue weighted by molar-refractivity contribution is 8.00. The summed E-state index contributed by atoms with van der Waals surface area (Å²) < 4.78 is 0. The van der Waals surface area contributed by atoms with Crippen LogP contribution in [0.3, 0.4) is 0 Å². The van der Waals surface area contributed by atoms with E-state index in [9.17, 15) is 9.59 Å². The summed E-state index contributed by atoms with van der Waals surface area (Å²) in [6.07, 6.45) is 0. The number of rotatable bonds is 5. The van der Waals surface area contributed by atoms with Crippen LogP contribution >= 0.6 is 23.1 Å². The normalized spacial score (nSPS) is 11.1. The second-order valence-electron chi connectivity index (χ2n) is 6.13. The molecule has 7 heteroatoms. The number of carbonyl (C=O) groups is 2. The van der Waals surface area contributed by atoms with Gasteiger partial charge < -0.3 is 0 Å². The second-order valence-corrected chi connectivity index (χ2v) is 8.12. The van der Waals surface area contributed by atoms with E-state index in [2.05, 4.69) is 33.5 Å². The highest BCUT2D eigenvalue weighted by atomic mass is 32.2. The van der Waals surface area contributed by atoms with Crippen molar-refractivity contribution in [1.82, 2.24) is 15.3 Å². The number of hydrogen-bond donors (Lipinski definition) is 1. The smallest absolute Gasteiger partial charge is 0.236 e. The number of aryl methyl sites for hydroxylation is 1. The van der Waals surface area contributed by atoms with Crippen LogP contribution in [0.15, 0.2) is 41.4 Å². The van der Waals surface area contributed by atoms with E-state index in [1.807, 2.05) is 25.1 Å². The first-order chi connectivity index (χ1) is 12.4. The zero-order valence-corrected chi connectivity index (χ0v) is 16.4. The Balaban J connectivity index is 1.83. The van der Waals surface area contributed by atoms with Gasteiger partial charge >= 0.3 is 0 Å². The average molecular weight is 386 g/mol. The van der Waals surface area contributed by atoms with Crippen LogP contribution in [-0.2, 0) is 9.59 Å². The molecule has 2 aromatic heterocycles. The lowest BCUT2D eigenvalue weighted by Crippen LogP contribution is -2.34. The summed E-state index contributed by atoms with van der Waals surface area (Å²) in [5, 5.41) is 4.10. The van der Waals surface area contributed by atoms with Crippen LogP contribution in [0.4, 0.5) is 0 Å². The summed E-state index contributed by atoms with van der Waals surface area (Å²) >= 11 is 2.93. The first-order valence-electron chi connectivity index (χ1n) is 8.24. The van der Waals surface area contributed by atoms with Gasteiger partial charge in [0, 0.05) is 16.2 Å². The van der Waals surface area contributed by atoms with Crippen molar-refractivity contribution in [1.29, 1.82) is 0 Å². The highest BCUT2D eigenvalue weighted by Gasteiger charge is 2.15. The third-order valence-corrected chi connectivity index (χ3v) is 5.72. The molecule has 3 aromatic rings. The van der Waals surface area contributed by atoms with Gasteiger partial charge in [-0.1, -0.05) is 55.9 Å². The summed E-state index contributed by atoms with van der Waals surface area (Å²) in [5.74, 6) is 0.0149. The fraction of sp³-hybridized carbons (Fsp3) is 0.263. The van der Waals surface area contributed by atoms with Gasteiger partial charge in [0.2, 0.25) is 11.8 Å². The maximum atomic E-state index is 12.0. The van der Waals surface area contributed by atoms with Crippen molar-refractivity contribution in [2.75, 3.05) is 5.75 Å². The van der Waals surface area contributed by atoms with E-state index < -0.39 is 0 Å². The number of fused-ring (bicyclic) bond motifs is 1. The SMILES string of the molecule is Cc1nc(SCC(=O)NC(=O)C(C)C)c2cc(-c3ccccc3)sc2n1. The molecule has 2 heterocycles. The molecule has 0 atom stereocenters. The number of amides is 2. The van der Waals surface area contributed by atoms with Gasteiger partial charge in [0.05, 0.1) is 5.75 Å². The van der Waals surface area contributed by atoms with Gasteiger partial charge in [-0.3, -0.25) is 14.9 Å². The first kappa shape index (κ1) is 18.5. The van der Waals surface area contributed by atoms with Crippen LogP contribution in [0, 0.1) is 12.8 Å². The molecule has 2 amide bonds. The molecule has 0 bridgehead atoms. The molecule has 5 nitrogen and oxygen atoms in total. The number of aromatic nitrogens is 2. The van der Waals surface area contributed by atoms with E-state index in [0.717, 1.165) is 25.7 Å². The predicted octanol–water partition coefficient (Wildman–Crippen LogP) is 4.06. The Morgan fingerprint density at radius 1 is 1.19 bits per heavy atom. The molecule has 0 unspecified atom stereocenters. The fourth-order valence-electron chi connectivity index (χ4n) is 2.30. The number of thiophene rings is 1. The van der Waals surface area contributed by atoms with E-state index in [4.69, 9.17) is 0 Å². The minimum atomic E-state index is -0.309. The molecule has 0 saturated carbocycles. The number of hydrogen-bond acceptors (Lipinski definition) is 6. The van der Waals surface area contributed by atoms with E-state index in [-0.39, 0.29) is 23.5 Å². The largest absolute Gasteiger partial charge is 0.296 e. The minimum absolute atomic E-state index is 0.139. The van der Waals surface area contributed by atoms with Gasteiger partial charge in [-0.05, 0) is 18.6 Å². The van der Waals surface area contributed by atoms with Gasteiger partial charge in [-0.2, -0.15) is 0 Å². The Morgan fingerprint density at radius 3 is 2.62 bits per heavy atom. The zero-order chi connectivity index (χ0) is 18.7. The molecule has 134 valence electrons. The minimum Gasteiger partial charge on any atom is -0.296 e. The summed E-state index contributed by atoms with van der Waals surface area (Å²) in [6.45, 7) is 5.35. The number of thioether (sulfide) groups is 1. The lowest BCUT2D eigenvalue weighted by Gasteiger charge is -2.06. The molecule has 0 aliphatic rings. The van der Waals surface area contributed by atoms with Crippen molar-refractivity contribution < 1.29 is 9.59 Å². The summed E-state index contributed by atoms with van der Waals surface area (Å²) in [4.78, 5) is 34.6. The Labute approximate surface area is 160 Å². The number of carbonyl (C=O) groups excluding carboxylic acids is 2. The number of nitrogens with zero attached hydrogens (tertiary/aromatic N) is 2. The van der Waals surface area contributed by atoms with Crippen molar-refractivity contribution in [3.05, 3.63) is 42.2 Å². The molecule has 0 fully saturated rings. The molecule has 1 aromatic carbocycles. The van der Waals surface area contributed by atoms with Crippen LogP contribution in [0.25, 0.3) is 20.7 Å². The maximum absolute atomic E-state index is 12.0. The van der Waals surface area contributed by atoms with Gasteiger partial charge in [0.25, 0.3) is 0 Å². The molecular weight excluding hydrogens is 366 g/mol. The van der Waals surface area contributed by atoms with Crippen molar-refractivity contribution >= 4 is 45.1 Å². The van der Waals surface area contributed by atoms with Crippen LogP contribution < -0.4 is 5.32 Å². The van der Waals surface area contributed by atoms with Gasteiger partial charge in [0.15, 0.2) is 0 Å². The lowest BCUT2D eigenvalue weighted by atomic mass is 10.2. The lowest BCUT2D eigenvalue weighted by molar-refractivity contribution is -0.130. The van der Waals surface area contributed by atoms with Crippen LogP contribution in [0.2, 0.25) is 0 Å². The van der Waals surface area contributed by atoms with E-state index >= 15 is 0 Å². The first-order valence-corrected chi connectivity index (χ1v) is 10.0. The third kappa shape index (κ3) is 4.28. The number of nitrogens with one attached hydrogen (secondary N) is 1. The molecule has 0 saturated heterocycles. The average Bonchev–Trinajstić information content (AvgIpc) is 3.04. The van der Waals surface area contributed by atoms with Gasteiger partial charge in [-0.15, -0.1) is 11.3 Å². The standard InChI is InChI=1S/C19H19N3O2S2/c1-11(2)17(24)22-16(23)10-25-18-14-9-15(13-7-5-4-6-8-13)26-19(14)21-12(3)20-18/h4-9,11H,10H2,1-3H3,(H,22,23,24). The van der Waals surface area contributed by atoms with Gasteiger partial charge in [-0.25, -0.2) is 9.97 Å². The number of benzene rings is 1. The van der Waals surface area contributed by atoms with Crippen LogP contribution in [0.1, 0.15) is 19.7 Å². The quantitative estimate of drug-likeness (QED) is 0.530. The van der Waals surface area contributed by atoms with Crippen molar-refractivity contribution in [3.8, 4) is 10.4 Å². The third-order valence-electron chi connectivity index (χ3n) is 3.65. The topological polar surface area (TPSA) is 72.0 Å². The molecule has 0 aliphatic heterocycles. The Hall–Kier alpha value is -2.25. The molecule has 0 spiro atoms. The van der Waals surface area contributed by atoms with Crippen molar-refractivity contribution in [3.63, 3.8) is 0 Å². The molecule has 0 radical (unpaired) electrons. The number of imide groups is 1. The summed E-state index contributed by atoms with van der Waals surface area (Å²) in [5.41, 5.74) is 1.13. The Morgan fingerprint density at radius 2 is 1.92 bits per heavy atom. The Kier molecular flexibility index (Phi) is 5.68. The van der Waals surface area contributed by atoms with E-state index in [0.29, 0.717) is 5.82 Å². The summed E-state index contributed by atoms with van der Waals surface area (Å²) in [7, 11) is 0. The fourth-order valence-corrected chi connectivity index (χ4v) is 4.30. The molecule has 1 N–H and O–H groups in total. The molecule has 0 aliphatic carbocycles. The molecular formula is C19H19N3O2S2. The molecule has 26 heavy (non-hydrogen) atoms.